The van der Waals surface area contributed by atoms with E-state index in [0.717, 1.165) is 32.1 Å². The summed E-state index contributed by atoms with van der Waals surface area (Å²) >= 11 is 0. The Morgan fingerprint density at radius 2 is 1.42 bits per heavy atom. The number of carboxylic acid groups (broad SMARTS) is 3. The molecule has 0 rings (SSSR count). The van der Waals surface area contributed by atoms with Crippen LogP contribution in [0.1, 0.15) is 77.6 Å². The fourth-order valence-corrected chi connectivity index (χ4v) is 2.75. The molecule has 0 amide bonds. The predicted octanol–water partition coefficient (Wildman–Crippen LogP) is -1.11. The van der Waals surface area contributed by atoms with Gasteiger partial charge in [0.1, 0.15) is 5.60 Å². The third-order valence-corrected chi connectivity index (χ3v) is 4.27. The zero-order chi connectivity index (χ0) is 18.6. The van der Waals surface area contributed by atoms with E-state index in [1.807, 2.05) is 0 Å². The molecular weight excluding hydrogens is 316 g/mol. The van der Waals surface area contributed by atoms with Gasteiger partial charge in [-0.15, -0.1) is 0 Å². The Bertz CT molecular complexity index is 408. The third kappa shape index (κ3) is 8.29. The quantitative estimate of drug-likeness (QED) is 0.372. The van der Waals surface area contributed by atoms with Crippen molar-refractivity contribution >= 4 is 17.9 Å². The van der Waals surface area contributed by atoms with Gasteiger partial charge in [-0.2, -0.15) is 0 Å². The van der Waals surface area contributed by atoms with Crippen LogP contribution in [0, 0.1) is 5.92 Å². The zero-order valence-electron chi connectivity index (χ0n) is 14.3. The molecule has 2 atom stereocenters. The second-order valence-electron chi connectivity index (χ2n) is 6.22. The van der Waals surface area contributed by atoms with Crippen LogP contribution in [0.15, 0.2) is 0 Å². The summed E-state index contributed by atoms with van der Waals surface area (Å²) in [7, 11) is 0. The molecule has 0 bridgehead atoms. The fraction of sp³-hybridized carbons (Fsp3) is 0.824. The summed E-state index contributed by atoms with van der Waals surface area (Å²) in [5.74, 6) is -7.00. The van der Waals surface area contributed by atoms with Gasteiger partial charge in [-0.05, 0) is 19.3 Å². The van der Waals surface area contributed by atoms with E-state index >= 15 is 0 Å². The monoisotopic (exact) mass is 343 g/mol. The molecule has 0 saturated carbocycles. The van der Waals surface area contributed by atoms with Crippen molar-refractivity contribution in [1.29, 1.82) is 0 Å². The molecule has 0 aromatic heterocycles. The largest absolute Gasteiger partial charge is 0.550 e. The number of carboxylic acids is 3. The lowest BCUT2D eigenvalue weighted by Crippen LogP contribution is -2.58. The fourth-order valence-electron chi connectivity index (χ4n) is 2.75. The van der Waals surface area contributed by atoms with E-state index in [1.165, 1.54) is 6.42 Å². The number of hydrogen-bond acceptors (Lipinski definition) is 7. The molecule has 1 N–H and O–H groups in total. The van der Waals surface area contributed by atoms with Crippen LogP contribution in [0.2, 0.25) is 0 Å². The van der Waals surface area contributed by atoms with Crippen LogP contribution in [0.5, 0.6) is 0 Å². The van der Waals surface area contributed by atoms with Gasteiger partial charge in [0.15, 0.2) is 0 Å². The number of hydrogen-bond donors (Lipinski definition) is 1. The summed E-state index contributed by atoms with van der Waals surface area (Å²) < 4.78 is 0. The summed E-state index contributed by atoms with van der Waals surface area (Å²) in [6, 6.07) is 0. The van der Waals surface area contributed by atoms with Crippen molar-refractivity contribution in [3.63, 3.8) is 0 Å². The van der Waals surface area contributed by atoms with Gasteiger partial charge in [-0.25, -0.2) is 0 Å². The minimum atomic E-state index is -2.76. The molecule has 0 heterocycles. The van der Waals surface area contributed by atoms with Gasteiger partial charge in [0.05, 0.1) is 5.97 Å². The Morgan fingerprint density at radius 3 is 1.83 bits per heavy atom. The van der Waals surface area contributed by atoms with Crippen LogP contribution in [-0.2, 0) is 14.4 Å². The van der Waals surface area contributed by atoms with E-state index in [4.69, 9.17) is 0 Å². The first kappa shape index (κ1) is 22.4. The molecular formula is C17H27O7-3. The molecule has 0 aromatic rings. The van der Waals surface area contributed by atoms with Gasteiger partial charge in [-0.1, -0.05) is 58.3 Å². The molecule has 24 heavy (non-hydrogen) atoms. The van der Waals surface area contributed by atoms with Gasteiger partial charge in [-0.3, -0.25) is 0 Å². The van der Waals surface area contributed by atoms with E-state index in [2.05, 4.69) is 6.92 Å². The predicted molar refractivity (Wildman–Crippen MR) is 79.9 cm³/mol. The second-order valence-corrected chi connectivity index (χ2v) is 6.22. The van der Waals surface area contributed by atoms with Gasteiger partial charge in [0, 0.05) is 17.9 Å². The maximum atomic E-state index is 11.2. The summed E-state index contributed by atoms with van der Waals surface area (Å²) in [6.07, 6.45) is 5.97. The first-order valence-electron chi connectivity index (χ1n) is 8.60. The molecule has 140 valence electrons. The molecule has 7 nitrogen and oxygen atoms in total. The van der Waals surface area contributed by atoms with Crippen LogP contribution < -0.4 is 15.3 Å². The molecule has 0 saturated heterocycles. The van der Waals surface area contributed by atoms with Crippen molar-refractivity contribution in [2.45, 2.75) is 83.2 Å². The zero-order valence-corrected chi connectivity index (χ0v) is 14.3. The number of aliphatic hydroxyl groups is 1. The van der Waals surface area contributed by atoms with Crippen LogP contribution in [-0.4, -0.2) is 28.6 Å². The Hall–Kier alpha value is -1.63. The molecule has 2 unspecified atom stereocenters. The minimum Gasteiger partial charge on any atom is -0.550 e. The molecule has 0 aliphatic carbocycles. The van der Waals surface area contributed by atoms with Crippen molar-refractivity contribution in [1.82, 2.24) is 0 Å². The highest BCUT2D eigenvalue weighted by atomic mass is 16.4. The SMILES string of the molecule is CCCCCCCCCCC(C(=O)[O-])C(O)(CCC(=O)[O-])C(=O)[O-]. The molecule has 0 aromatic carbocycles. The minimum absolute atomic E-state index is 0.102. The maximum Gasteiger partial charge on any atom is 0.112 e. The van der Waals surface area contributed by atoms with Gasteiger partial charge >= 0.3 is 0 Å². The topological polar surface area (TPSA) is 141 Å². The maximum absolute atomic E-state index is 11.2. The van der Waals surface area contributed by atoms with E-state index in [0.29, 0.717) is 12.8 Å². The van der Waals surface area contributed by atoms with Crippen molar-refractivity contribution in [2.75, 3.05) is 0 Å². The van der Waals surface area contributed by atoms with Gasteiger partial charge in [0.2, 0.25) is 0 Å². The van der Waals surface area contributed by atoms with Crippen molar-refractivity contribution in [3.05, 3.63) is 0 Å². The second kappa shape index (κ2) is 11.8. The van der Waals surface area contributed by atoms with E-state index < -0.39 is 42.3 Å². The number of rotatable bonds is 15. The van der Waals surface area contributed by atoms with Crippen LogP contribution in [0.25, 0.3) is 0 Å². The Kier molecular flexibility index (Phi) is 11.0. The number of aliphatic carboxylic acids is 3. The lowest BCUT2D eigenvalue weighted by atomic mass is 9.80. The Labute approximate surface area is 142 Å². The standard InChI is InChI=1S/C17H30O7/c1-2-3-4-5-6-7-8-9-10-13(15(20)21)17(24,16(22)23)12-11-14(18)19/h13,24H,2-12H2,1H3,(H,18,19)(H,20,21)(H,22,23)/p-3. The van der Waals surface area contributed by atoms with Crippen LogP contribution in [0.3, 0.4) is 0 Å². The lowest BCUT2D eigenvalue weighted by molar-refractivity contribution is -0.342. The average molecular weight is 343 g/mol. The molecule has 0 spiro atoms. The summed E-state index contributed by atoms with van der Waals surface area (Å²) in [6.45, 7) is 2.12. The molecule has 0 fully saturated rings. The van der Waals surface area contributed by atoms with E-state index in [1.54, 1.807) is 0 Å². The molecule has 0 aliphatic heterocycles. The highest BCUT2D eigenvalue weighted by Gasteiger charge is 2.38. The van der Waals surface area contributed by atoms with Crippen molar-refractivity contribution in [2.24, 2.45) is 5.92 Å². The van der Waals surface area contributed by atoms with Crippen molar-refractivity contribution < 1.29 is 34.8 Å². The van der Waals surface area contributed by atoms with E-state index in [9.17, 15) is 34.8 Å². The van der Waals surface area contributed by atoms with Crippen LogP contribution in [0.4, 0.5) is 0 Å². The summed E-state index contributed by atoms with van der Waals surface area (Å²) in [5.41, 5.74) is -2.76. The number of unbranched alkanes of at least 4 members (excludes halogenated alkanes) is 7. The molecule has 0 radical (unpaired) electrons. The van der Waals surface area contributed by atoms with Crippen molar-refractivity contribution in [3.8, 4) is 0 Å². The lowest BCUT2D eigenvalue weighted by Gasteiger charge is -2.38. The smallest absolute Gasteiger partial charge is 0.112 e. The highest BCUT2D eigenvalue weighted by molar-refractivity contribution is 5.84. The van der Waals surface area contributed by atoms with E-state index in [-0.39, 0.29) is 6.42 Å². The Balaban J connectivity index is 4.46. The third-order valence-electron chi connectivity index (χ3n) is 4.27. The molecule has 7 heteroatoms. The highest BCUT2D eigenvalue weighted by Crippen LogP contribution is 2.28. The van der Waals surface area contributed by atoms with Crippen LogP contribution >= 0.6 is 0 Å². The Morgan fingerprint density at radius 1 is 0.917 bits per heavy atom. The normalized spacial score (nSPS) is 14.8. The summed E-state index contributed by atoms with van der Waals surface area (Å²) in [5, 5.41) is 42.9. The number of carbonyl (C=O) groups excluding carboxylic acids is 3. The first-order chi connectivity index (χ1) is 11.3. The van der Waals surface area contributed by atoms with Gasteiger partial charge < -0.3 is 34.8 Å². The molecule has 0 aliphatic rings. The number of carbonyl (C=O) groups is 3. The van der Waals surface area contributed by atoms with Gasteiger partial charge in [0.25, 0.3) is 0 Å². The first-order valence-corrected chi connectivity index (χ1v) is 8.60. The summed E-state index contributed by atoms with van der Waals surface area (Å²) in [4.78, 5) is 32.8. The average Bonchev–Trinajstić information content (AvgIpc) is 2.50.